The molecule has 2 N–H and O–H groups in total. The van der Waals surface area contributed by atoms with Gasteiger partial charge < -0.3 is 10.6 Å². The molecule has 0 saturated heterocycles. The molecule has 132 valence electrons. The van der Waals surface area contributed by atoms with Crippen molar-refractivity contribution in [1.82, 2.24) is 10.6 Å². The van der Waals surface area contributed by atoms with Gasteiger partial charge in [0.05, 0.1) is 23.8 Å². The quantitative estimate of drug-likeness (QED) is 0.793. The van der Waals surface area contributed by atoms with Gasteiger partial charge in [0.25, 0.3) is 5.91 Å². The number of amides is 1. The van der Waals surface area contributed by atoms with Crippen molar-refractivity contribution in [3.63, 3.8) is 0 Å². The molecule has 1 amide bonds. The standard InChI is InChI=1S/C21H20BrN3O/c1-21(2)12-23-17(13-6-4-3-5-7-13)16-18(24-20(26)19(16)25-21)14-8-10-15(22)11-9-14/h3-11,18,25H,12H2,1-2H3,(H,24,26). The Balaban J connectivity index is 1.89. The lowest BCUT2D eigenvalue weighted by Gasteiger charge is -2.24. The van der Waals surface area contributed by atoms with Crippen LogP contribution in [-0.4, -0.2) is 23.7 Å². The number of rotatable bonds is 2. The van der Waals surface area contributed by atoms with Crippen LogP contribution in [0.3, 0.4) is 0 Å². The highest BCUT2D eigenvalue weighted by molar-refractivity contribution is 9.10. The molecule has 0 aromatic heterocycles. The Hall–Kier alpha value is -2.40. The summed E-state index contributed by atoms with van der Waals surface area (Å²) in [7, 11) is 0. The van der Waals surface area contributed by atoms with Crippen LogP contribution in [0.2, 0.25) is 0 Å². The summed E-state index contributed by atoms with van der Waals surface area (Å²) in [5.74, 6) is -0.0773. The smallest absolute Gasteiger partial charge is 0.268 e. The first kappa shape index (κ1) is 17.0. The van der Waals surface area contributed by atoms with Crippen molar-refractivity contribution in [1.29, 1.82) is 0 Å². The van der Waals surface area contributed by atoms with E-state index >= 15 is 0 Å². The number of carbonyl (C=O) groups excluding carboxylic acids is 1. The normalized spacial score (nSPS) is 21.4. The summed E-state index contributed by atoms with van der Waals surface area (Å²) in [5.41, 5.74) is 4.21. The summed E-state index contributed by atoms with van der Waals surface area (Å²) in [6.45, 7) is 4.73. The van der Waals surface area contributed by atoms with Crippen LogP contribution in [0.4, 0.5) is 0 Å². The Morgan fingerprint density at radius 3 is 2.46 bits per heavy atom. The third-order valence-electron chi connectivity index (χ3n) is 4.66. The van der Waals surface area contributed by atoms with Gasteiger partial charge >= 0.3 is 0 Å². The van der Waals surface area contributed by atoms with E-state index in [-0.39, 0.29) is 17.5 Å². The average Bonchev–Trinajstić information content (AvgIpc) is 2.84. The van der Waals surface area contributed by atoms with Gasteiger partial charge in [-0.25, -0.2) is 0 Å². The van der Waals surface area contributed by atoms with Crippen LogP contribution < -0.4 is 10.6 Å². The second-order valence-corrected chi connectivity index (χ2v) is 8.20. The molecule has 2 aliphatic heterocycles. The predicted molar refractivity (Wildman–Crippen MR) is 107 cm³/mol. The van der Waals surface area contributed by atoms with E-state index in [1.165, 1.54) is 0 Å². The zero-order chi connectivity index (χ0) is 18.3. The summed E-state index contributed by atoms with van der Waals surface area (Å²) >= 11 is 3.48. The van der Waals surface area contributed by atoms with Crippen LogP contribution in [-0.2, 0) is 4.79 Å². The van der Waals surface area contributed by atoms with Gasteiger partial charge in [0.15, 0.2) is 0 Å². The van der Waals surface area contributed by atoms with E-state index in [2.05, 4.69) is 40.4 Å². The van der Waals surface area contributed by atoms with Gasteiger partial charge in [-0.05, 0) is 31.5 Å². The summed E-state index contributed by atoms with van der Waals surface area (Å²) < 4.78 is 1.01. The van der Waals surface area contributed by atoms with E-state index in [0.717, 1.165) is 26.9 Å². The predicted octanol–water partition coefficient (Wildman–Crippen LogP) is 3.75. The molecule has 4 nitrogen and oxygen atoms in total. The Labute approximate surface area is 161 Å². The minimum atomic E-state index is -0.289. The van der Waals surface area contributed by atoms with E-state index in [1.54, 1.807) is 0 Å². The Bertz CT molecular complexity index is 914. The molecule has 1 atom stereocenters. The summed E-state index contributed by atoms with van der Waals surface area (Å²) in [4.78, 5) is 17.7. The number of carbonyl (C=O) groups is 1. The molecule has 1 unspecified atom stereocenters. The van der Waals surface area contributed by atoms with Gasteiger partial charge in [0.1, 0.15) is 5.70 Å². The second-order valence-electron chi connectivity index (χ2n) is 7.29. The molecule has 26 heavy (non-hydrogen) atoms. The third-order valence-corrected chi connectivity index (χ3v) is 5.19. The largest absolute Gasteiger partial charge is 0.373 e. The zero-order valence-electron chi connectivity index (χ0n) is 14.7. The van der Waals surface area contributed by atoms with Crippen LogP contribution in [0, 0.1) is 0 Å². The molecule has 0 aliphatic carbocycles. The van der Waals surface area contributed by atoms with Crippen molar-refractivity contribution < 1.29 is 4.79 Å². The van der Waals surface area contributed by atoms with Gasteiger partial charge in [-0.2, -0.15) is 0 Å². The molecule has 2 aromatic carbocycles. The molecule has 0 radical (unpaired) electrons. The van der Waals surface area contributed by atoms with E-state index in [4.69, 9.17) is 4.99 Å². The molecule has 4 rings (SSSR count). The lowest BCUT2D eigenvalue weighted by Crippen LogP contribution is -2.43. The first-order chi connectivity index (χ1) is 12.4. The Morgan fingerprint density at radius 1 is 1.08 bits per heavy atom. The van der Waals surface area contributed by atoms with E-state index in [9.17, 15) is 4.79 Å². The minimum absolute atomic E-state index is 0.0773. The highest BCUT2D eigenvalue weighted by Gasteiger charge is 2.39. The van der Waals surface area contributed by atoms with Crippen LogP contribution in [0.15, 0.2) is 75.3 Å². The topological polar surface area (TPSA) is 53.5 Å². The van der Waals surface area contributed by atoms with E-state index < -0.39 is 0 Å². The molecule has 0 saturated carbocycles. The monoisotopic (exact) mass is 409 g/mol. The summed E-state index contributed by atoms with van der Waals surface area (Å²) in [5, 5.41) is 6.55. The third kappa shape index (κ3) is 3.07. The number of benzene rings is 2. The maximum Gasteiger partial charge on any atom is 0.268 e. The number of hydrogen-bond acceptors (Lipinski definition) is 3. The number of hydrogen-bond donors (Lipinski definition) is 2. The fraction of sp³-hybridized carbons (Fsp3) is 0.238. The Morgan fingerprint density at radius 2 is 1.77 bits per heavy atom. The fourth-order valence-corrected chi connectivity index (χ4v) is 3.67. The van der Waals surface area contributed by atoms with Crippen LogP contribution >= 0.6 is 15.9 Å². The van der Waals surface area contributed by atoms with Crippen LogP contribution in [0.5, 0.6) is 0 Å². The lowest BCUT2D eigenvalue weighted by atomic mass is 9.92. The van der Waals surface area contributed by atoms with Gasteiger partial charge in [0.2, 0.25) is 0 Å². The van der Waals surface area contributed by atoms with Gasteiger partial charge in [0, 0.05) is 15.6 Å². The fourth-order valence-electron chi connectivity index (χ4n) is 3.41. The molecule has 2 aliphatic rings. The number of aliphatic imine (C=N–C) groups is 1. The van der Waals surface area contributed by atoms with E-state index in [0.29, 0.717) is 12.2 Å². The molecule has 2 heterocycles. The van der Waals surface area contributed by atoms with Crippen molar-refractivity contribution in [3.8, 4) is 0 Å². The number of halogens is 1. The SMILES string of the molecule is CC1(C)CN=C(c2ccccc2)C2=C(N1)C(=O)NC2c1ccc(Br)cc1. The first-order valence-electron chi connectivity index (χ1n) is 8.63. The highest BCUT2D eigenvalue weighted by atomic mass is 79.9. The van der Waals surface area contributed by atoms with Crippen molar-refractivity contribution in [2.75, 3.05) is 6.54 Å². The molecule has 0 bridgehead atoms. The minimum Gasteiger partial charge on any atom is -0.373 e. The molecule has 0 spiro atoms. The van der Waals surface area contributed by atoms with Crippen LogP contribution in [0.25, 0.3) is 0 Å². The number of nitrogens with one attached hydrogen (secondary N) is 2. The molecule has 5 heteroatoms. The summed E-state index contributed by atoms with van der Waals surface area (Å²) in [6, 6.07) is 17.9. The van der Waals surface area contributed by atoms with Gasteiger partial charge in [-0.15, -0.1) is 0 Å². The maximum atomic E-state index is 12.8. The van der Waals surface area contributed by atoms with Crippen molar-refractivity contribution in [2.24, 2.45) is 4.99 Å². The van der Waals surface area contributed by atoms with Gasteiger partial charge in [-0.1, -0.05) is 58.4 Å². The number of nitrogens with zero attached hydrogens (tertiary/aromatic N) is 1. The van der Waals surface area contributed by atoms with Gasteiger partial charge in [-0.3, -0.25) is 9.79 Å². The van der Waals surface area contributed by atoms with Crippen molar-refractivity contribution in [2.45, 2.75) is 25.4 Å². The first-order valence-corrected chi connectivity index (χ1v) is 9.43. The second kappa shape index (κ2) is 6.40. The highest BCUT2D eigenvalue weighted by Crippen LogP contribution is 2.35. The molecular formula is C21H20BrN3O. The van der Waals surface area contributed by atoms with Crippen molar-refractivity contribution in [3.05, 3.63) is 81.5 Å². The van der Waals surface area contributed by atoms with Crippen LogP contribution in [0.1, 0.15) is 31.0 Å². The van der Waals surface area contributed by atoms with E-state index in [1.807, 2.05) is 54.6 Å². The Kier molecular flexibility index (Phi) is 4.19. The summed E-state index contributed by atoms with van der Waals surface area (Å²) in [6.07, 6.45) is 0. The zero-order valence-corrected chi connectivity index (χ0v) is 16.3. The van der Waals surface area contributed by atoms with Crippen molar-refractivity contribution >= 4 is 27.5 Å². The maximum absolute atomic E-state index is 12.8. The molecule has 0 fully saturated rings. The molecule has 2 aromatic rings. The molecular weight excluding hydrogens is 390 g/mol. The average molecular weight is 410 g/mol. The lowest BCUT2D eigenvalue weighted by molar-refractivity contribution is -0.117.